The van der Waals surface area contributed by atoms with Gasteiger partial charge in [-0.25, -0.2) is 0 Å². The van der Waals surface area contributed by atoms with Crippen molar-refractivity contribution in [1.29, 1.82) is 0 Å². The number of hydrogen-bond donors (Lipinski definition) is 0. The van der Waals surface area contributed by atoms with Gasteiger partial charge in [-0.3, -0.25) is 0 Å². The van der Waals surface area contributed by atoms with E-state index in [0.29, 0.717) is 0 Å². The maximum Gasteiger partial charge on any atom is 0 e. The summed E-state index contributed by atoms with van der Waals surface area (Å²) >= 11 is 0. The molecule has 0 aliphatic rings. The van der Waals surface area contributed by atoms with Crippen LogP contribution in [0.4, 0.5) is 0 Å². The van der Waals surface area contributed by atoms with Crippen molar-refractivity contribution in [2.24, 2.45) is 0 Å². The third-order valence-electron chi connectivity index (χ3n) is 0. The Morgan fingerprint density at radius 2 is 1.20 bits per heavy atom. The summed E-state index contributed by atoms with van der Waals surface area (Å²) in [5.41, 5.74) is 0. The molecule has 5 heavy (non-hydrogen) atoms. The molecule has 0 radical (unpaired) electrons. The molecule has 0 fully saturated rings. The van der Waals surface area contributed by atoms with Gasteiger partial charge in [0.05, 0.1) is 0 Å². The van der Waals surface area contributed by atoms with Crippen LogP contribution in [0.15, 0.2) is 0 Å². The molecule has 0 rings (SSSR count). The molecule has 0 aliphatic heterocycles. The molecule has 5 heteroatoms. The standard InChI is InChI=1S/Ca.K.Mg.H2Se.Zn.5H/h;;;1H2;;;;;;/q+2;+1;+2;;;5*-1. The largest absolute Gasteiger partial charge is 0 e. The first-order valence-electron chi connectivity index (χ1n) is 0. The maximum atomic E-state index is 0. The van der Waals surface area contributed by atoms with E-state index in [9.17, 15) is 0 Å². The van der Waals surface area contributed by atoms with Crippen molar-refractivity contribution in [3.8, 4) is 0 Å². The average molecular weight is 255 g/mol. The monoisotopic (exact) mass is 254 g/mol. The van der Waals surface area contributed by atoms with Crippen molar-refractivity contribution in [2.75, 3.05) is 0 Å². The molecular formula is H7CaKMgSeZn. The van der Waals surface area contributed by atoms with Crippen LogP contribution in [0.3, 0.4) is 0 Å². The second-order valence-corrected chi connectivity index (χ2v) is 0. The van der Waals surface area contributed by atoms with Crippen LogP contribution < -0.4 is 51.4 Å². The van der Waals surface area contributed by atoms with Crippen molar-refractivity contribution < 1.29 is 78.0 Å². The Morgan fingerprint density at radius 3 is 1.20 bits per heavy atom. The summed E-state index contributed by atoms with van der Waals surface area (Å²) in [6.45, 7) is 0. The zero-order chi connectivity index (χ0) is 0. The van der Waals surface area contributed by atoms with E-state index < -0.39 is 0 Å². The molecule has 0 heterocycles. The molecule has 0 atom stereocenters. The van der Waals surface area contributed by atoms with Gasteiger partial charge >= 0.3 is 129 Å². The zero-order valence-corrected chi connectivity index (χ0v) is 15.4. The van der Waals surface area contributed by atoms with Gasteiger partial charge in [0, 0.05) is 19.5 Å². The summed E-state index contributed by atoms with van der Waals surface area (Å²) in [6.07, 6.45) is 0. The predicted octanol–water partition coefficient (Wildman–Crippen LogP) is -4.11. The van der Waals surface area contributed by atoms with Crippen LogP contribution in [-0.4, -0.2) is 77.9 Å². The third kappa shape index (κ3) is 17.7. The summed E-state index contributed by atoms with van der Waals surface area (Å²) < 4.78 is 0. The van der Waals surface area contributed by atoms with Gasteiger partial charge < -0.3 is 7.13 Å². The number of hydrogen-bond acceptors (Lipinski definition) is 0. The van der Waals surface area contributed by atoms with Gasteiger partial charge in [0.25, 0.3) is 0 Å². The second kappa shape index (κ2) is 23.2. The quantitative estimate of drug-likeness (QED) is 0.386. The Morgan fingerprint density at radius 1 is 1.20 bits per heavy atom. The van der Waals surface area contributed by atoms with Crippen molar-refractivity contribution in [3.63, 3.8) is 0 Å². The second-order valence-electron chi connectivity index (χ2n) is 0. The molecule has 0 nitrogen and oxygen atoms in total. The topological polar surface area (TPSA) is 0 Å². The van der Waals surface area contributed by atoms with Gasteiger partial charge in [-0.15, -0.1) is 0 Å². The first-order valence-corrected chi connectivity index (χ1v) is 0. The van der Waals surface area contributed by atoms with E-state index in [-0.39, 0.29) is 156 Å². The van der Waals surface area contributed by atoms with Crippen LogP contribution in [0.25, 0.3) is 0 Å². The molecule has 0 aromatic carbocycles. The molecule has 0 spiro atoms. The molecular weight excluding hydrogens is 248 g/mol. The van der Waals surface area contributed by atoms with Crippen LogP contribution in [0.1, 0.15) is 7.13 Å². The van der Waals surface area contributed by atoms with Crippen LogP contribution >= 0.6 is 0 Å². The van der Waals surface area contributed by atoms with Gasteiger partial charge in [-0.1, -0.05) is 0 Å². The van der Waals surface area contributed by atoms with Gasteiger partial charge in [0.1, 0.15) is 0 Å². The van der Waals surface area contributed by atoms with E-state index >= 15 is 0 Å². The van der Waals surface area contributed by atoms with Crippen molar-refractivity contribution >= 4 is 77.9 Å². The van der Waals surface area contributed by atoms with E-state index in [1.807, 2.05) is 0 Å². The van der Waals surface area contributed by atoms with Gasteiger partial charge in [-0.05, 0) is 0 Å². The minimum absolute atomic E-state index is 0. The van der Waals surface area contributed by atoms with E-state index in [1.54, 1.807) is 0 Å². The Balaban J connectivity index is 0. The van der Waals surface area contributed by atoms with E-state index in [2.05, 4.69) is 0 Å². The summed E-state index contributed by atoms with van der Waals surface area (Å²) in [5.74, 6) is 0. The first kappa shape index (κ1) is 32.9. The Labute approximate surface area is 152 Å². The van der Waals surface area contributed by atoms with Crippen LogP contribution in [-0.2, 0) is 19.5 Å². The fourth-order valence-electron chi connectivity index (χ4n) is 0. The normalized spacial score (nSPS) is 0. The molecule has 0 aromatic rings. The Hall–Kier alpha value is 4.81. The summed E-state index contributed by atoms with van der Waals surface area (Å²) in [5, 5.41) is 0. The molecule has 0 aromatic heterocycles. The van der Waals surface area contributed by atoms with Crippen molar-refractivity contribution in [3.05, 3.63) is 0 Å². The fraction of sp³-hybridized carbons (Fsp3) is 0. The Kier molecular flexibility index (Phi) is 153. The van der Waals surface area contributed by atoms with Gasteiger partial charge in [0.2, 0.25) is 0 Å². The Bertz CT molecular complexity index is 21.6. The van der Waals surface area contributed by atoms with E-state index in [0.717, 1.165) is 0 Å². The third-order valence-corrected chi connectivity index (χ3v) is 0. The molecule has 20 valence electrons. The predicted molar refractivity (Wildman–Crippen MR) is 25.6 cm³/mol. The van der Waals surface area contributed by atoms with Crippen LogP contribution in [0, 0.1) is 0 Å². The fourth-order valence-corrected chi connectivity index (χ4v) is 0. The SMILES string of the molecule is [Ca+2].[H-].[H-].[H-].[H-].[H-].[K+].[Mg+2].[SeH2].[Zn]. The minimum atomic E-state index is 0. The molecule has 0 saturated carbocycles. The molecule has 0 bridgehead atoms. The van der Waals surface area contributed by atoms with Crippen LogP contribution in [0.2, 0.25) is 0 Å². The van der Waals surface area contributed by atoms with Crippen molar-refractivity contribution in [2.45, 2.75) is 0 Å². The van der Waals surface area contributed by atoms with Crippen molar-refractivity contribution in [1.82, 2.24) is 0 Å². The van der Waals surface area contributed by atoms with Gasteiger partial charge in [0.15, 0.2) is 0 Å². The van der Waals surface area contributed by atoms with E-state index in [4.69, 9.17) is 0 Å². The summed E-state index contributed by atoms with van der Waals surface area (Å²) in [7, 11) is 0. The summed E-state index contributed by atoms with van der Waals surface area (Å²) in [4.78, 5) is 0. The van der Waals surface area contributed by atoms with Crippen LogP contribution in [0.5, 0.6) is 0 Å². The maximum absolute atomic E-state index is 0. The molecule has 0 amide bonds. The molecule has 0 aliphatic carbocycles. The smallest absolute Gasteiger partial charge is 0 e. The average Bonchev–Trinajstić information content (AvgIpc) is 0. The van der Waals surface area contributed by atoms with E-state index in [1.165, 1.54) is 0 Å². The molecule has 0 N–H and O–H groups in total. The molecule has 0 unspecified atom stereocenters. The number of rotatable bonds is 0. The summed E-state index contributed by atoms with van der Waals surface area (Å²) in [6, 6.07) is 0. The first-order chi connectivity index (χ1) is 0. The minimum Gasteiger partial charge on any atom is 0 e. The van der Waals surface area contributed by atoms with Gasteiger partial charge in [-0.2, -0.15) is 0 Å². The molecule has 0 saturated heterocycles. The zero-order valence-electron chi connectivity index (χ0n) is 8.62.